The van der Waals surface area contributed by atoms with Crippen LogP contribution in [-0.2, 0) is 4.79 Å². The van der Waals surface area contributed by atoms with Crippen molar-refractivity contribution in [3.8, 4) is 5.75 Å². The quantitative estimate of drug-likeness (QED) is 0.687. The first-order valence-corrected chi connectivity index (χ1v) is 11.6. The molecule has 170 valence electrons. The van der Waals surface area contributed by atoms with E-state index in [1.54, 1.807) is 6.20 Å². The molecule has 0 saturated carbocycles. The Hall–Kier alpha value is -2.96. The molecule has 1 atom stereocenters. The topological polar surface area (TPSA) is 75.6 Å². The molecule has 1 aromatic carbocycles. The molecule has 3 heterocycles. The Morgan fingerprint density at radius 2 is 1.88 bits per heavy atom. The number of rotatable bonds is 6. The van der Waals surface area contributed by atoms with Crippen molar-refractivity contribution in [2.45, 2.75) is 58.4 Å². The van der Waals surface area contributed by atoms with Gasteiger partial charge in [-0.3, -0.25) is 9.59 Å². The predicted molar refractivity (Wildman–Crippen MR) is 122 cm³/mol. The number of hydrogen-bond acceptors (Lipinski definition) is 5. The third-order valence-electron chi connectivity index (χ3n) is 6.39. The van der Waals surface area contributed by atoms with E-state index < -0.39 is 0 Å². The summed E-state index contributed by atoms with van der Waals surface area (Å²) in [4.78, 5) is 38.6. The molecule has 2 saturated heterocycles. The number of aryl methyl sites for hydroxylation is 1. The molecule has 7 heteroatoms. The molecule has 2 aromatic rings. The zero-order chi connectivity index (χ0) is 22.7. The fraction of sp³-hybridized carbons (Fsp3) is 0.520. The number of hydrogen-bond donors (Lipinski definition) is 0. The Kier molecular flexibility index (Phi) is 6.72. The van der Waals surface area contributed by atoms with Gasteiger partial charge in [-0.25, -0.2) is 9.97 Å². The highest BCUT2D eigenvalue weighted by atomic mass is 16.5. The van der Waals surface area contributed by atoms with E-state index in [1.807, 2.05) is 41.0 Å². The maximum atomic E-state index is 13.0. The summed E-state index contributed by atoms with van der Waals surface area (Å²) in [6.07, 6.45) is 5.44. The van der Waals surface area contributed by atoms with Gasteiger partial charge in [-0.2, -0.15) is 0 Å². The monoisotopic (exact) mass is 436 g/mol. The van der Waals surface area contributed by atoms with Crippen LogP contribution in [0, 0.1) is 6.92 Å². The first-order valence-electron chi connectivity index (χ1n) is 11.6. The zero-order valence-corrected chi connectivity index (χ0v) is 19.2. The van der Waals surface area contributed by atoms with Crippen molar-refractivity contribution in [1.29, 1.82) is 0 Å². The van der Waals surface area contributed by atoms with Crippen molar-refractivity contribution >= 4 is 11.8 Å². The fourth-order valence-corrected chi connectivity index (χ4v) is 4.59. The second kappa shape index (κ2) is 9.67. The number of benzene rings is 1. The molecule has 2 aliphatic rings. The van der Waals surface area contributed by atoms with Crippen molar-refractivity contribution in [2.24, 2.45) is 0 Å². The van der Waals surface area contributed by atoms with Gasteiger partial charge in [0.25, 0.3) is 11.8 Å². The third-order valence-corrected chi connectivity index (χ3v) is 6.39. The number of amides is 2. The largest absolute Gasteiger partial charge is 0.483 e. The summed E-state index contributed by atoms with van der Waals surface area (Å²) in [7, 11) is 0. The van der Waals surface area contributed by atoms with Crippen LogP contribution in [0.3, 0.4) is 0 Å². The van der Waals surface area contributed by atoms with E-state index in [4.69, 9.17) is 4.74 Å². The second-order valence-corrected chi connectivity index (χ2v) is 8.95. The van der Waals surface area contributed by atoms with E-state index in [-0.39, 0.29) is 24.5 Å². The van der Waals surface area contributed by atoms with E-state index in [0.29, 0.717) is 29.5 Å². The number of carbonyl (C=O) groups excluding carboxylic acids is 2. The summed E-state index contributed by atoms with van der Waals surface area (Å²) in [6, 6.07) is 7.67. The van der Waals surface area contributed by atoms with Crippen LogP contribution < -0.4 is 4.74 Å². The van der Waals surface area contributed by atoms with Crippen LogP contribution >= 0.6 is 0 Å². The fourth-order valence-electron chi connectivity index (χ4n) is 4.59. The van der Waals surface area contributed by atoms with Gasteiger partial charge < -0.3 is 14.5 Å². The lowest BCUT2D eigenvalue weighted by Gasteiger charge is -2.25. The first-order chi connectivity index (χ1) is 15.5. The van der Waals surface area contributed by atoms with Gasteiger partial charge in [-0.15, -0.1) is 0 Å². The summed E-state index contributed by atoms with van der Waals surface area (Å²) in [6.45, 7) is 8.31. The van der Waals surface area contributed by atoms with Crippen LogP contribution in [0.1, 0.15) is 78.9 Å². The molecule has 0 radical (unpaired) electrons. The molecule has 7 nitrogen and oxygen atoms in total. The summed E-state index contributed by atoms with van der Waals surface area (Å²) in [5, 5.41) is 0. The molecule has 2 amide bonds. The number of likely N-dealkylation sites (tertiary alicyclic amines) is 2. The van der Waals surface area contributed by atoms with Gasteiger partial charge in [0.1, 0.15) is 5.75 Å². The first kappa shape index (κ1) is 22.2. The smallest absolute Gasteiger partial charge is 0.261 e. The maximum Gasteiger partial charge on any atom is 0.261 e. The van der Waals surface area contributed by atoms with Gasteiger partial charge in [-0.1, -0.05) is 32.0 Å². The minimum atomic E-state index is -0.180. The Morgan fingerprint density at radius 1 is 1.12 bits per heavy atom. The van der Waals surface area contributed by atoms with E-state index in [9.17, 15) is 9.59 Å². The van der Waals surface area contributed by atoms with E-state index in [0.717, 1.165) is 50.1 Å². The number of nitrogens with zero attached hydrogens (tertiary/aromatic N) is 4. The zero-order valence-electron chi connectivity index (χ0n) is 19.2. The van der Waals surface area contributed by atoms with Gasteiger partial charge >= 0.3 is 0 Å². The van der Waals surface area contributed by atoms with Crippen LogP contribution in [0.2, 0.25) is 0 Å². The van der Waals surface area contributed by atoms with Crippen molar-refractivity contribution in [1.82, 2.24) is 19.8 Å². The molecule has 0 unspecified atom stereocenters. The average molecular weight is 437 g/mol. The standard InChI is InChI=1S/C25H32N4O3/c1-17(2)19-9-4-5-11-22(19)32-16-23(30)29-14-8-10-21(29)24-26-15-20(18(3)27-24)25(31)28-12-6-7-13-28/h4-5,9,11,15,17,21H,6-8,10,12-14,16H2,1-3H3/t21-/m0/s1. The van der Waals surface area contributed by atoms with Crippen molar-refractivity contribution < 1.29 is 14.3 Å². The van der Waals surface area contributed by atoms with Crippen LogP contribution in [0.25, 0.3) is 0 Å². The van der Waals surface area contributed by atoms with E-state index >= 15 is 0 Å². The lowest BCUT2D eigenvalue weighted by molar-refractivity contribution is -0.134. The predicted octanol–water partition coefficient (Wildman–Crippen LogP) is 3.89. The summed E-state index contributed by atoms with van der Waals surface area (Å²) < 4.78 is 5.91. The number of aromatic nitrogens is 2. The minimum Gasteiger partial charge on any atom is -0.483 e. The van der Waals surface area contributed by atoms with Crippen molar-refractivity contribution in [2.75, 3.05) is 26.2 Å². The Morgan fingerprint density at radius 3 is 2.59 bits per heavy atom. The highest BCUT2D eigenvalue weighted by Gasteiger charge is 2.33. The van der Waals surface area contributed by atoms with E-state index in [1.165, 1.54) is 0 Å². The molecule has 0 bridgehead atoms. The van der Waals surface area contributed by atoms with Gasteiger partial charge in [-0.05, 0) is 50.2 Å². The number of carbonyl (C=O) groups is 2. The second-order valence-electron chi connectivity index (χ2n) is 8.95. The Bertz CT molecular complexity index is 985. The normalized spacial score (nSPS) is 18.4. The lowest BCUT2D eigenvalue weighted by atomic mass is 10.0. The van der Waals surface area contributed by atoms with Gasteiger partial charge in [0, 0.05) is 25.8 Å². The third kappa shape index (κ3) is 4.61. The molecular formula is C25H32N4O3. The summed E-state index contributed by atoms with van der Waals surface area (Å²) >= 11 is 0. The Labute approximate surface area is 189 Å². The van der Waals surface area contributed by atoms with Crippen LogP contribution in [0.15, 0.2) is 30.5 Å². The highest BCUT2D eigenvalue weighted by molar-refractivity contribution is 5.95. The van der Waals surface area contributed by atoms with Gasteiger partial charge in [0.15, 0.2) is 12.4 Å². The molecule has 32 heavy (non-hydrogen) atoms. The molecule has 2 fully saturated rings. The highest BCUT2D eigenvalue weighted by Crippen LogP contribution is 2.31. The lowest BCUT2D eigenvalue weighted by Crippen LogP contribution is -2.35. The van der Waals surface area contributed by atoms with Crippen LogP contribution in [0.4, 0.5) is 0 Å². The minimum absolute atomic E-state index is 0.00289. The average Bonchev–Trinajstić information content (AvgIpc) is 3.49. The summed E-state index contributed by atoms with van der Waals surface area (Å²) in [5.74, 6) is 1.61. The van der Waals surface area contributed by atoms with E-state index in [2.05, 4.69) is 23.8 Å². The number of ether oxygens (including phenoxy) is 1. The SMILES string of the molecule is Cc1nc([C@@H]2CCCN2C(=O)COc2ccccc2C(C)C)ncc1C(=O)N1CCCC1. The number of para-hydroxylation sites is 1. The molecular weight excluding hydrogens is 404 g/mol. The molecule has 0 spiro atoms. The molecule has 1 aromatic heterocycles. The molecule has 0 aliphatic carbocycles. The van der Waals surface area contributed by atoms with Crippen LogP contribution in [0.5, 0.6) is 5.75 Å². The Balaban J connectivity index is 1.44. The van der Waals surface area contributed by atoms with Crippen molar-refractivity contribution in [3.63, 3.8) is 0 Å². The molecule has 2 aliphatic heterocycles. The molecule has 4 rings (SSSR count). The van der Waals surface area contributed by atoms with Crippen LogP contribution in [-0.4, -0.2) is 57.8 Å². The summed E-state index contributed by atoms with van der Waals surface area (Å²) in [5.41, 5.74) is 2.32. The molecule has 0 N–H and O–H groups in total. The maximum absolute atomic E-state index is 13.0. The van der Waals surface area contributed by atoms with Gasteiger partial charge in [0.05, 0.1) is 17.3 Å². The van der Waals surface area contributed by atoms with Gasteiger partial charge in [0.2, 0.25) is 0 Å². The van der Waals surface area contributed by atoms with Crippen molar-refractivity contribution in [3.05, 3.63) is 53.1 Å².